The smallest absolute Gasteiger partial charge is 0.376 e. The molecule has 1 aromatic rings. The second-order valence-electron chi connectivity index (χ2n) is 5.55. The Morgan fingerprint density at radius 1 is 1.43 bits per heavy atom. The fourth-order valence-electron chi connectivity index (χ4n) is 2.44. The van der Waals surface area contributed by atoms with E-state index in [0.29, 0.717) is 25.8 Å². The first kappa shape index (κ1) is 17.6. The van der Waals surface area contributed by atoms with Crippen LogP contribution in [0.3, 0.4) is 0 Å². The summed E-state index contributed by atoms with van der Waals surface area (Å²) in [5, 5.41) is 12.7. The molecule has 0 bridgehead atoms. The fraction of sp³-hybridized carbons (Fsp3) is 0.571. The molecule has 0 spiro atoms. The molecule has 2 atom stereocenters. The number of nitrogens with zero attached hydrogens (tertiary/aromatic N) is 2. The van der Waals surface area contributed by atoms with Crippen molar-refractivity contribution < 1.29 is 22.8 Å². The molecule has 2 rings (SSSR count). The Labute approximate surface area is 131 Å². The van der Waals surface area contributed by atoms with Crippen LogP contribution in [0.1, 0.15) is 31.0 Å². The van der Waals surface area contributed by atoms with Gasteiger partial charge in [-0.3, -0.25) is 10.1 Å². The standard InChI is InChI=1S/C14H18F3N3O3/c1-9-8-19(3-4-23-9)18-10(2)11-5-12(14(15,16)17)7-13(6-11)20(21)22/h5-7,9-10,18H,3-4,8H2,1-2H3/t9-,10?/m1/s1. The van der Waals surface area contributed by atoms with Gasteiger partial charge in [0.05, 0.1) is 23.2 Å². The number of benzene rings is 1. The van der Waals surface area contributed by atoms with Gasteiger partial charge in [-0.05, 0) is 25.5 Å². The number of nitrogens with one attached hydrogen (secondary N) is 1. The minimum absolute atomic E-state index is 0.0132. The Balaban J connectivity index is 2.23. The van der Waals surface area contributed by atoms with Gasteiger partial charge in [0.15, 0.2) is 0 Å². The minimum atomic E-state index is -4.63. The van der Waals surface area contributed by atoms with Crippen LogP contribution in [0.5, 0.6) is 0 Å². The first-order valence-electron chi connectivity index (χ1n) is 7.16. The minimum Gasteiger partial charge on any atom is -0.376 e. The highest BCUT2D eigenvalue weighted by atomic mass is 19.4. The average molecular weight is 333 g/mol. The van der Waals surface area contributed by atoms with Crippen LogP contribution in [0.4, 0.5) is 18.9 Å². The zero-order valence-electron chi connectivity index (χ0n) is 12.8. The lowest BCUT2D eigenvalue weighted by Gasteiger charge is -2.33. The van der Waals surface area contributed by atoms with Crippen LogP contribution in [0, 0.1) is 10.1 Å². The first-order chi connectivity index (χ1) is 10.7. The molecule has 0 radical (unpaired) electrons. The molecule has 1 heterocycles. The first-order valence-corrected chi connectivity index (χ1v) is 7.16. The van der Waals surface area contributed by atoms with Crippen molar-refractivity contribution >= 4 is 5.69 Å². The zero-order valence-corrected chi connectivity index (χ0v) is 12.8. The Morgan fingerprint density at radius 3 is 2.70 bits per heavy atom. The number of alkyl halides is 3. The van der Waals surface area contributed by atoms with Crippen molar-refractivity contribution in [1.29, 1.82) is 0 Å². The highest BCUT2D eigenvalue weighted by Gasteiger charge is 2.33. The summed E-state index contributed by atoms with van der Waals surface area (Å²) in [6, 6.07) is 2.15. The molecule has 0 saturated carbocycles. The van der Waals surface area contributed by atoms with Gasteiger partial charge in [-0.25, -0.2) is 10.4 Å². The number of hydrogen-bond acceptors (Lipinski definition) is 5. The summed E-state index contributed by atoms with van der Waals surface area (Å²) < 4.78 is 44.1. The van der Waals surface area contributed by atoms with Crippen LogP contribution in [0.15, 0.2) is 18.2 Å². The molecule has 1 aromatic carbocycles. The summed E-state index contributed by atoms with van der Waals surface area (Å²) in [5.41, 5.74) is 1.69. The van der Waals surface area contributed by atoms with Crippen LogP contribution in [-0.4, -0.2) is 35.7 Å². The topological polar surface area (TPSA) is 67.6 Å². The van der Waals surface area contributed by atoms with Crippen LogP contribution in [0.25, 0.3) is 0 Å². The van der Waals surface area contributed by atoms with E-state index < -0.39 is 28.4 Å². The van der Waals surface area contributed by atoms with Crippen molar-refractivity contribution in [2.75, 3.05) is 19.7 Å². The van der Waals surface area contributed by atoms with E-state index in [4.69, 9.17) is 4.74 Å². The predicted octanol–water partition coefficient (Wildman–Crippen LogP) is 2.90. The molecular formula is C14H18F3N3O3. The van der Waals surface area contributed by atoms with E-state index >= 15 is 0 Å². The van der Waals surface area contributed by atoms with Gasteiger partial charge in [0.1, 0.15) is 0 Å². The lowest BCUT2D eigenvalue weighted by molar-refractivity contribution is -0.385. The molecule has 0 aliphatic carbocycles. The van der Waals surface area contributed by atoms with E-state index in [2.05, 4.69) is 5.43 Å². The molecule has 1 unspecified atom stereocenters. The number of hydrazine groups is 1. The number of hydrogen-bond donors (Lipinski definition) is 1. The molecule has 9 heteroatoms. The van der Waals surface area contributed by atoms with Gasteiger partial charge in [-0.2, -0.15) is 13.2 Å². The fourth-order valence-corrected chi connectivity index (χ4v) is 2.44. The molecule has 1 N–H and O–H groups in total. The zero-order chi connectivity index (χ0) is 17.2. The van der Waals surface area contributed by atoms with E-state index in [9.17, 15) is 23.3 Å². The molecule has 6 nitrogen and oxygen atoms in total. The maximum atomic E-state index is 12.9. The summed E-state index contributed by atoms with van der Waals surface area (Å²) in [6.45, 7) is 5.26. The Hall–Kier alpha value is -1.71. The number of halogens is 3. The van der Waals surface area contributed by atoms with E-state index in [1.165, 1.54) is 0 Å². The van der Waals surface area contributed by atoms with Crippen LogP contribution in [-0.2, 0) is 10.9 Å². The normalized spacial score (nSPS) is 21.2. The molecule has 23 heavy (non-hydrogen) atoms. The third-order valence-corrected chi connectivity index (χ3v) is 3.60. The summed E-state index contributed by atoms with van der Waals surface area (Å²) in [6.07, 6.45) is -4.62. The maximum absolute atomic E-state index is 12.9. The van der Waals surface area contributed by atoms with Gasteiger partial charge in [-0.15, -0.1) is 0 Å². The van der Waals surface area contributed by atoms with Crippen molar-refractivity contribution in [3.63, 3.8) is 0 Å². The quantitative estimate of drug-likeness (QED) is 0.678. The molecule has 0 amide bonds. The van der Waals surface area contributed by atoms with Gasteiger partial charge in [0, 0.05) is 31.3 Å². The third kappa shape index (κ3) is 4.63. The molecule has 1 saturated heterocycles. The molecule has 0 aromatic heterocycles. The van der Waals surface area contributed by atoms with Crippen LogP contribution < -0.4 is 5.43 Å². The van der Waals surface area contributed by atoms with E-state index in [1.54, 1.807) is 6.92 Å². The Kier molecular flexibility index (Phi) is 5.23. The number of nitro groups is 1. The summed E-state index contributed by atoms with van der Waals surface area (Å²) in [4.78, 5) is 10.1. The molecule has 1 aliphatic heterocycles. The number of rotatable bonds is 4. The molecule has 1 fully saturated rings. The van der Waals surface area contributed by atoms with Gasteiger partial charge in [0.25, 0.3) is 5.69 Å². The Bertz CT molecular complexity index is 580. The van der Waals surface area contributed by atoms with Gasteiger partial charge < -0.3 is 4.74 Å². The molecular weight excluding hydrogens is 315 g/mol. The number of ether oxygens (including phenoxy) is 1. The van der Waals surface area contributed by atoms with E-state index in [0.717, 1.165) is 12.1 Å². The van der Waals surface area contributed by atoms with Crippen molar-refractivity contribution in [2.24, 2.45) is 0 Å². The van der Waals surface area contributed by atoms with Crippen LogP contribution >= 0.6 is 0 Å². The molecule has 1 aliphatic rings. The second kappa shape index (κ2) is 6.81. The highest BCUT2D eigenvalue weighted by molar-refractivity contribution is 5.41. The lowest BCUT2D eigenvalue weighted by Crippen LogP contribution is -2.49. The summed E-state index contributed by atoms with van der Waals surface area (Å²) in [7, 11) is 0. The van der Waals surface area contributed by atoms with Crippen molar-refractivity contribution in [3.8, 4) is 0 Å². The number of nitro benzene ring substituents is 1. The van der Waals surface area contributed by atoms with Gasteiger partial charge in [0.2, 0.25) is 0 Å². The van der Waals surface area contributed by atoms with E-state index in [1.807, 2.05) is 11.9 Å². The Morgan fingerprint density at radius 2 is 2.13 bits per heavy atom. The predicted molar refractivity (Wildman–Crippen MR) is 76.6 cm³/mol. The van der Waals surface area contributed by atoms with Crippen molar-refractivity contribution in [1.82, 2.24) is 10.4 Å². The number of morpholine rings is 1. The summed E-state index contributed by atoms with van der Waals surface area (Å²) >= 11 is 0. The van der Waals surface area contributed by atoms with E-state index in [-0.39, 0.29) is 11.7 Å². The molecule has 128 valence electrons. The van der Waals surface area contributed by atoms with Crippen LogP contribution in [0.2, 0.25) is 0 Å². The maximum Gasteiger partial charge on any atom is 0.416 e. The SMILES string of the molecule is CC(NN1CCO[C@H](C)C1)c1cc([N+](=O)[O-])cc(C(F)(F)F)c1. The average Bonchev–Trinajstić information content (AvgIpc) is 2.45. The van der Waals surface area contributed by atoms with Crippen molar-refractivity contribution in [2.45, 2.75) is 32.2 Å². The lowest BCUT2D eigenvalue weighted by atomic mass is 10.0. The largest absolute Gasteiger partial charge is 0.416 e. The number of non-ortho nitro benzene ring substituents is 1. The monoisotopic (exact) mass is 333 g/mol. The summed E-state index contributed by atoms with van der Waals surface area (Å²) in [5.74, 6) is 0. The second-order valence-corrected chi connectivity index (χ2v) is 5.55. The van der Waals surface area contributed by atoms with Crippen molar-refractivity contribution in [3.05, 3.63) is 39.4 Å². The van der Waals surface area contributed by atoms with Gasteiger partial charge in [-0.1, -0.05) is 0 Å². The highest BCUT2D eigenvalue weighted by Crippen LogP contribution is 2.34. The third-order valence-electron chi connectivity index (χ3n) is 3.60. The van der Waals surface area contributed by atoms with Gasteiger partial charge >= 0.3 is 6.18 Å².